The van der Waals surface area contributed by atoms with Crippen LogP contribution in [0, 0.1) is 5.82 Å². The van der Waals surface area contributed by atoms with Gasteiger partial charge in [0, 0.05) is 16.9 Å². The van der Waals surface area contributed by atoms with Crippen molar-refractivity contribution in [2.45, 2.75) is 31.6 Å². The number of benzene rings is 1. The highest BCUT2D eigenvalue weighted by Gasteiger charge is 2.19. The van der Waals surface area contributed by atoms with E-state index in [1.54, 1.807) is 17.8 Å². The summed E-state index contributed by atoms with van der Waals surface area (Å²) in [5.41, 5.74) is 6.62. The van der Waals surface area contributed by atoms with Gasteiger partial charge < -0.3 is 5.73 Å². The summed E-state index contributed by atoms with van der Waals surface area (Å²) in [5.74, 6) is 0.865. The van der Waals surface area contributed by atoms with Crippen LogP contribution in [0.15, 0.2) is 24.3 Å². The molecule has 0 saturated carbocycles. The molecule has 2 unspecified atom stereocenters. The monoisotopic (exact) mass is 227 g/mol. The minimum atomic E-state index is -0.150. The van der Waals surface area contributed by atoms with E-state index in [-0.39, 0.29) is 17.1 Å². The molecule has 0 spiro atoms. The molecule has 1 rings (SSSR count). The van der Waals surface area contributed by atoms with Gasteiger partial charge in [0.05, 0.1) is 0 Å². The fraction of sp³-hybridized carbons (Fsp3) is 0.500. The van der Waals surface area contributed by atoms with E-state index >= 15 is 0 Å². The molecule has 2 N–H and O–H groups in total. The van der Waals surface area contributed by atoms with Crippen LogP contribution >= 0.6 is 11.8 Å². The summed E-state index contributed by atoms with van der Waals surface area (Å²) in [7, 11) is 0. The van der Waals surface area contributed by atoms with Crippen LogP contribution in [0.2, 0.25) is 0 Å². The molecule has 1 aromatic carbocycles. The van der Waals surface area contributed by atoms with Crippen molar-refractivity contribution in [2.24, 2.45) is 5.73 Å². The molecule has 0 amide bonds. The Hall–Kier alpha value is -0.540. The van der Waals surface area contributed by atoms with Crippen molar-refractivity contribution >= 4 is 11.8 Å². The Morgan fingerprint density at radius 1 is 1.40 bits per heavy atom. The molecule has 0 aromatic heterocycles. The van der Waals surface area contributed by atoms with Crippen molar-refractivity contribution in [3.05, 3.63) is 35.6 Å². The molecule has 1 aromatic rings. The summed E-state index contributed by atoms with van der Waals surface area (Å²) in [4.78, 5) is 0. The Morgan fingerprint density at radius 3 is 2.60 bits per heavy atom. The second-order valence-corrected chi connectivity index (χ2v) is 4.92. The Kier molecular flexibility index (Phi) is 5.12. The van der Waals surface area contributed by atoms with Crippen LogP contribution in [0.1, 0.15) is 31.1 Å². The summed E-state index contributed by atoms with van der Waals surface area (Å²) in [5, 5.41) is 0.0612. The lowest BCUT2D eigenvalue weighted by atomic mass is 10.1. The van der Waals surface area contributed by atoms with Gasteiger partial charge in [-0.15, -0.1) is 0 Å². The van der Waals surface area contributed by atoms with E-state index in [0.717, 1.165) is 17.7 Å². The average Bonchev–Trinajstić information content (AvgIpc) is 2.20. The lowest BCUT2D eigenvalue weighted by molar-refractivity contribution is 0.592. The Bertz CT molecular complexity index is 301. The molecule has 15 heavy (non-hydrogen) atoms. The molecule has 3 heteroatoms. The summed E-state index contributed by atoms with van der Waals surface area (Å²) >= 11 is 1.73. The lowest BCUT2D eigenvalue weighted by Crippen LogP contribution is -2.23. The molecule has 0 bridgehead atoms. The Labute approximate surface area is 95.2 Å². The van der Waals surface area contributed by atoms with E-state index in [1.807, 2.05) is 19.1 Å². The van der Waals surface area contributed by atoms with Crippen LogP contribution in [0.5, 0.6) is 0 Å². The van der Waals surface area contributed by atoms with E-state index in [1.165, 1.54) is 6.07 Å². The summed E-state index contributed by atoms with van der Waals surface area (Å²) < 4.78 is 13.6. The largest absolute Gasteiger partial charge is 0.327 e. The van der Waals surface area contributed by atoms with Crippen molar-refractivity contribution in [1.82, 2.24) is 0 Å². The molecule has 0 radical (unpaired) electrons. The number of halogens is 1. The maximum absolute atomic E-state index is 13.6. The van der Waals surface area contributed by atoms with Gasteiger partial charge in [-0.3, -0.25) is 0 Å². The summed E-state index contributed by atoms with van der Waals surface area (Å²) in [6.45, 7) is 4.05. The first-order valence-corrected chi connectivity index (χ1v) is 6.33. The predicted octanol–water partition coefficient (Wildman–Crippen LogP) is 3.36. The quantitative estimate of drug-likeness (QED) is 0.834. The van der Waals surface area contributed by atoms with Crippen molar-refractivity contribution < 1.29 is 4.39 Å². The molecule has 0 aliphatic heterocycles. The normalized spacial score (nSPS) is 14.9. The van der Waals surface area contributed by atoms with Crippen LogP contribution < -0.4 is 5.73 Å². The van der Waals surface area contributed by atoms with Crippen molar-refractivity contribution in [2.75, 3.05) is 5.75 Å². The van der Waals surface area contributed by atoms with Crippen LogP contribution in [-0.4, -0.2) is 11.8 Å². The topological polar surface area (TPSA) is 26.0 Å². The van der Waals surface area contributed by atoms with Gasteiger partial charge in [-0.25, -0.2) is 4.39 Å². The molecule has 0 fully saturated rings. The van der Waals surface area contributed by atoms with E-state index in [9.17, 15) is 4.39 Å². The Morgan fingerprint density at radius 2 is 2.07 bits per heavy atom. The minimum Gasteiger partial charge on any atom is -0.327 e. The standard InChI is InChI=1S/C12H18FNS/c1-3-8-15-12(9(2)14)10-6-4-5-7-11(10)13/h4-7,9,12H,3,8,14H2,1-2H3. The van der Waals surface area contributed by atoms with E-state index in [4.69, 9.17) is 5.73 Å². The smallest absolute Gasteiger partial charge is 0.127 e. The summed E-state index contributed by atoms with van der Waals surface area (Å²) in [6, 6.07) is 6.86. The van der Waals surface area contributed by atoms with Gasteiger partial charge in [0.15, 0.2) is 0 Å². The fourth-order valence-corrected chi connectivity index (χ4v) is 2.64. The van der Waals surface area contributed by atoms with Crippen LogP contribution in [-0.2, 0) is 0 Å². The van der Waals surface area contributed by atoms with Crippen molar-refractivity contribution in [3.63, 3.8) is 0 Å². The number of nitrogens with two attached hydrogens (primary N) is 1. The van der Waals surface area contributed by atoms with Gasteiger partial charge in [-0.05, 0) is 25.2 Å². The highest BCUT2D eigenvalue weighted by atomic mass is 32.2. The zero-order valence-corrected chi connectivity index (χ0v) is 10.1. The molecule has 1 nitrogen and oxygen atoms in total. The van der Waals surface area contributed by atoms with Crippen LogP contribution in [0.25, 0.3) is 0 Å². The maximum atomic E-state index is 13.6. The van der Waals surface area contributed by atoms with Gasteiger partial charge >= 0.3 is 0 Å². The Balaban J connectivity index is 2.84. The third-order valence-electron chi connectivity index (χ3n) is 2.19. The molecular weight excluding hydrogens is 209 g/mol. The van der Waals surface area contributed by atoms with Gasteiger partial charge in [-0.1, -0.05) is 25.1 Å². The first kappa shape index (κ1) is 12.5. The predicted molar refractivity (Wildman–Crippen MR) is 65.5 cm³/mol. The second-order valence-electron chi connectivity index (χ2n) is 3.67. The number of hydrogen-bond acceptors (Lipinski definition) is 2. The van der Waals surface area contributed by atoms with Gasteiger partial charge in [0.1, 0.15) is 5.82 Å². The van der Waals surface area contributed by atoms with Gasteiger partial charge in [0.2, 0.25) is 0 Å². The minimum absolute atomic E-state index is 0.0292. The van der Waals surface area contributed by atoms with Gasteiger partial charge in [-0.2, -0.15) is 11.8 Å². The molecule has 0 heterocycles. The second kappa shape index (κ2) is 6.13. The number of thioether (sulfide) groups is 1. The molecule has 2 atom stereocenters. The van der Waals surface area contributed by atoms with Gasteiger partial charge in [0.25, 0.3) is 0 Å². The van der Waals surface area contributed by atoms with Crippen molar-refractivity contribution in [1.29, 1.82) is 0 Å². The van der Waals surface area contributed by atoms with Crippen LogP contribution in [0.4, 0.5) is 4.39 Å². The van der Waals surface area contributed by atoms with E-state index < -0.39 is 0 Å². The molecule has 84 valence electrons. The number of hydrogen-bond donors (Lipinski definition) is 1. The number of rotatable bonds is 5. The molecule has 0 saturated heterocycles. The zero-order chi connectivity index (χ0) is 11.3. The fourth-order valence-electron chi connectivity index (χ4n) is 1.48. The van der Waals surface area contributed by atoms with Crippen molar-refractivity contribution in [3.8, 4) is 0 Å². The first-order valence-electron chi connectivity index (χ1n) is 5.28. The van der Waals surface area contributed by atoms with Crippen LogP contribution in [0.3, 0.4) is 0 Å². The summed E-state index contributed by atoms with van der Waals surface area (Å²) in [6.07, 6.45) is 1.09. The van der Waals surface area contributed by atoms with E-state index in [2.05, 4.69) is 6.92 Å². The molecule has 0 aliphatic carbocycles. The highest BCUT2D eigenvalue weighted by molar-refractivity contribution is 7.99. The SMILES string of the molecule is CCCSC(c1ccccc1F)C(C)N. The maximum Gasteiger partial charge on any atom is 0.127 e. The lowest BCUT2D eigenvalue weighted by Gasteiger charge is -2.21. The van der Waals surface area contributed by atoms with E-state index in [0.29, 0.717) is 0 Å². The highest BCUT2D eigenvalue weighted by Crippen LogP contribution is 2.33. The molecular formula is C12H18FNS. The first-order chi connectivity index (χ1) is 7.16. The third-order valence-corrected chi connectivity index (χ3v) is 3.88. The molecule has 0 aliphatic rings. The zero-order valence-electron chi connectivity index (χ0n) is 9.24. The average molecular weight is 227 g/mol. The third kappa shape index (κ3) is 3.50.